The van der Waals surface area contributed by atoms with Gasteiger partial charge in [0.15, 0.2) is 0 Å². The van der Waals surface area contributed by atoms with Crippen molar-refractivity contribution in [2.45, 2.75) is 25.8 Å². The second kappa shape index (κ2) is 5.50. The summed E-state index contributed by atoms with van der Waals surface area (Å²) in [5, 5.41) is 0. The van der Waals surface area contributed by atoms with E-state index >= 15 is 0 Å². The molecule has 1 saturated heterocycles. The zero-order chi connectivity index (χ0) is 9.68. The van der Waals surface area contributed by atoms with Gasteiger partial charge < -0.3 is 10.6 Å². The van der Waals surface area contributed by atoms with E-state index in [4.69, 9.17) is 5.73 Å². The molecule has 1 fully saturated rings. The number of nitrogens with zero attached hydrogens (tertiary/aromatic N) is 1. The maximum Gasteiger partial charge on any atom is 0.224 e. The molecule has 1 rings (SSSR count). The molecule has 0 radical (unpaired) electrons. The molecular weight excluding hydrogens is 184 g/mol. The summed E-state index contributed by atoms with van der Waals surface area (Å²) in [5.74, 6) is 2.48. The van der Waals surface area contributed by atoms with Crippen molar-refractivity contribution in [3.05, 3.63) is 0 Å². The van der Waals surface area contributed by atoms with Crippen LogP contribution in [0.5, 0.6) is 0 Å². The Bertz CT molecular complexity index is 165. The van der Waals surface area contributed by atoms with Crippen LogP contribution in [0.2, 0.25) is 0 Å². The third-order valence-corrected chi connectivity index (χ3v) is 3.12. The minimum atomic E-state index is -0.0107. The van der Waals surface area contributed by atoms with E-state index in [-0.39, 0.29) is 11.9 Å². The number of nitrogens with two attached hydrogens (primary N) is 1. The molecule has 0 aromatic carbocycles. The normalized spacial score (nSPS) is 20.9. The summed E-state index contributed by atoms with van der Waals surface area (Å²) >= 11 is 1.93. The first kappa shape index (κ1) is 10.9. The molecule has 0 aromatic rings. The number of carbonyl (C=O) groups is 1. The summed E-state index contributed by atoms with van der Waals surface area (Å²) in [5.41, 5.74) is 5.59. The number of hydrogen-bond donors (Lipinski definition) is 1. The Hall–Kier alpha value is -0.220. The lowest BCUT2D eigenvalue weighted by atomic mass is 10.2. The van der Waals surface area contributed by atoms with Gasteiger partial charge in [0.25, 0.3) is 0 Å². The molecule has 0 spiro atoms. The Morgan fingerprint density at radius 1 is 1.54 bits per heavy atom. The number of thioether (sulfide) groups is 1. The first-order chi connectivity index (χ1) is 6.20. The summed E-state index contributed by atoms with van der Waals surface area (Å²) < 4.78 is 0. The highest BCUT2D eigenvalue weighted by Gasteiger charge is 2.16. The van der Waals surface area contributed by atoms with Gasteiger partial charge in [0.05, 0.1) is 0 Å². The standard InChI is InChI=1S/C9H18N2OS/c1-8(10)7-9(12)11-3-2-5-13-6-4-11/h8H,2-7,10H2,1H3. The van der Waals surface area contributed by atoms with Crippen molar-refractivity contribution < 1.29 is 4.79 Å². The van der Waals surface area contributed by atoms with Crippen LogP contribution in [0.1, 0.15) is 19.8 Å². The second-order valence-electron chi connectivity index (χ2n) is 3.53. The third kappa shape index (κ3) is 4.00. The van der Waals surface area contributed by atoms with Gasteiger partial charge in [-0.3, -0.25) is 4.79 Å². The largest absolute Gasteiger partial charge is 0.342 e. The van der Waals surface area contributed by atoms with Crippen LogP contribution in [0.3, 0.4) is 0 Å². The fourth-order valence-electron chi connectivity index (χ4n) is 1.40. The Balaban J connectivity index is 2.35. The van der Waals surface area contributed by atoms with Crippen molar-refractivity contribution in [1.82, 2.24) is 4.90 Å². The Morgan fingerprint density at radius 2 is 2.31 bits per heavy atom. The molecule has 0 aromatic heterocycles. The van der Waals surface area contributed by atoms with Crippen LogP contribution in [0.25, 0.3) is 0 Å². The van der Waals surface area contributed by atoms with E-state index in [9.17, 15) is 4.79 Å². The molecule has 4 heteroatoms. The third-order valence-electron chi connectivity index (χ3n) is 2.07. The average Bonchev–Trinajstić information content (AvgIpc) is 2.29. The molecule has 2 N–H and O–H groups in total. The number of carbonyl (C=O) groups excluding carboxylic acids is 1. The van der Waals surface area contributed by atoms with Gasteiger partial charge in [-0.05, 0) is 19.1 Å². The first-order valence-electron chi connectivity index (χ1n) is 4.81. The van der Waals surface area contributed by atoms with E-state index in [1.54, 1.807) is 0 Å². The van der Waals surface area contributed by atoms with Crippen LogP contribution in [0.4, 0.5) is 0 Å². The van der Waals surface area contributed by atoms with Crippen LogP contribution in [-0.2, 0) is 4.79 Å². The molecule has 1 amide bonds. The predicted molar refractivity (Wildman–Crippen MR) is 56.8 cm³/mol. The van der Waals surface area contributed by atoms with Gasteiger partial charge in [-0.15, -0.1) is 0 Å². The van der Waals surface area contributed by atoms with Gasteiger partial charge >= 0.3 is 0 Å². The van der Waals surface area contributed by atoms with E-state index in [1.807, 2.05) is 23.6 Å². The highest BCUT2D eigenvalue weighted by Crippen LogP contribution is 2.11. The highest BCUT2D eigenvalue weighted by molar-refractivity contribution is 7.99. The van der Waals surface area contributed by atoms with Gasteiger partial charge in [0, 0.05) is 31.3 Å². The smallest absolute Gasteiger partial charge is 0.224 e. The lowest BCUT2D eigenvalue weighted by Crippen LogP contribution is -2.36. The topological polar surface area (TPSA) is 46.3 Å². The predicted octanol–water partition coefficient (Wildman–Crippen LogP) is 0.689. The summed E-state index contributed by atoms with van der Waals surface area (Å²) in [6.07, 6.45) is 1.61. The minimum Gasteiger partial charge on any atom is -0.342 e. The van der Waals surface area contributed by atoms with Crippen LogP contribution < -0.4 is 5.73 Å². The quantitative estimate of drug-likeness (QED) is 0.716. The Morgan fingerprint density at radius 3 is 3.00 bits per heavy atom. The van der Waals surface area contributed by atoms with Gasteiger partial charge in [-0.1, -0.05) is 0 Å². The van der Waals surface area contributed by atoms with E-state index in [1.165, 1.54) is 5.75 Å². The maximum atomic E-state index is 11.6. The summed E-state index contributed by atoms with van der Waals surface area (Å²) in [6.45, 7) is 3.69. The summed E-state index contributed by atoms with van der Waals surface area (Å²) in [4.78, 5) is 13.5. The molecule has 0 saturated carbocycles. The molecule has 1 atom stereocenters. The molecule has 1 aliphatic rings. The van der Waals surface area contributed by atoms with Crippen molar-refractivity contribution in [2.24, 2.45) is 5.73 Å². The summed E-state index contributed by atoms with van der Waals surface area (Å²) in [7, 11) is 0. The van der Waals surface area contributed by atoms with Gasteiger partial charge in [0.2, 0.25) is 5.91 Å². The van der Waals surface area contributed by atoms with Crippen LogP contribution >= 0.6 is 11.8 Å². The lowest BCUT2D eigenvalue weighted by molar-refractivity contribution is -0.131. The molecule has 76 valence electrons. The van der Waals surface area contributed by atoms with E-state index in [0.717, 1.165) is 25.3 Å². The second-order valence-corrected chi connectivity index (χ2v) is 4.75. The number of amides is 1. The molecule has 1 unspecified atom stereocenters. The minimum absolute atomic E-state index is 0.0107. The van der Waals surface area contributed by atoms with Crippen molar-refractivity contribution in [3.8, 4) is 0 Å². The monoisotopic (exact) mass is 202 g/mol. The van der Waals surface area contributed by atoms with Crippen LogP contribution in [0, 0.1) is 0 Å². The van der Waals surface area contributed by atoms with Gasteiger partial charge in [-0.2, -0.15) is 11.8 Å². The van der Waals surface area contributed by atoms with Crippen LogP contribution in [-0.4, -0.2) is 41.4 Å². The van der Waals surface area contributed by atoms with Gasteiger partial charge in [-0.25, -0.2) is 0 Å². The first-order valence-corrected chi connectivity index (χ1v) is 5.96. The molecular formula is C9H18N2OS. The number of rotatable bonds is 2. The number of hydrogen-bond acceptors (Lipinski definition) is 3. The van der Waals surface area contributed by atoms with E-state index < -0.39 is 0 Å². The zero-order valence-corrected chi connectivity index (χ0v) is 8.98. The van der Waals surface area contributed by atoms with Crippen LogP contribution in [0.15, 0.2) is 0 Å². The average molecular weight is 202 g/mol. The zero-order valence-electron chi connectivity index (χ0n) is 8.16. The molecule has 3 nitrogen and oxygen atoms in total. The fraction of sp³-hybridized carbons (Fsp3) is 0.889. The van der Waals surface area contributed by atoms with Crippen molar-refractivity contribution in [2.75, 3.05) is 24.6 Å². The molecule has 1 heterocycles. The molecule has 0 aliphatic carbocycles. The SMILES string of the molecule is CC(N)CC(=O)N1CCCSCC1. The van der Waals surface area contributed by atoms with Gasteiger partial charge in [0.1, 0.15) is 0 Å². The molecule has 0 bridgehead atoms. The van der Waals surface area contributed by atoms with Crippen molar-refractivity contribution in [1.29, 1.82) is 0 Å². The molecule has 1 aliphatic heterocycles. The fourth-order valence-corrected chi connectivity index (χ4v) is 2.29. The lowest BCUT2D eigenvalue weighted by Gasteiger charge is -2.20. The maximum absolute atomic E-state index is 11.6. The highest BCUT2D eigenvalue weighted by atomic mass is 32.2. The van der Waals surface area contributed by atoms with E-state index in [0.29, 0.717) is 6.42 Å². The van der Waals surface area contributed by atoms with E-state index in [2.05, 4.69) is 0 Å². The summed E-state index contributed by atoms with van der Waals surface area (Å²) in [6, 6.07) is -0.0107. The molecule has 13 heavy (non-hydrogen) atoms. The van der Waals surface area contributed by atoms with Crippen molar-refractivity contribution >= 4 is 17.7 Å². The Labute approximate surface area is 84.0 Å². The van der Waals surface area contributed by atoms with Crippen molar-refractivity contribution in [3.63, 3.8) is 0 Å². The Kier molecular flexibility index (Phi) is 4.59.